The highest BCUT2D eigenvalue weighted by atomic mass is 16.4. The van der Waals surface area contributed by atoms with Gasteiger partial charge in [0, 0.05) is 6.54 Å². The minimum atomic E-state index is -1.35. The van der Waals surface area contributed by atoms with E-state index in [9.17, 15) is 19.8 Å². The molecule has 0 radical (unpaired) electrons. The highest BCUT2D eigenvalue weighted by Gasteiger charge is 2.60. The molecule has 0 saturated carbocycles. The van der Waals surface area contributed by atoms with Gasteiger partial charge in [-0.25, -0.2) is 0 Å². The molecule has 1 aromatic rings. The van der Waals surface area contributed by atoms with E-state index >= 15 is 0 Å². The Kier molecular flexibility index (Phi) is 5.82. The molecule has 0 atom stereocenters. The molecule has 134 valence electrons. The van der Waals surface area contributed by atoms with E-state index < -0.39 is 28.3 Å². The molecule has 5 heteroatoms. The van der Waals surface area contributed by atoms with Crippen LogP contribution in [-0.2, 0) is 16.1 Å². The Morgan fingerprint density at radius 3 is 1.71 bits per heavy atom. The average Bonchev–Trinajstić information content (AvgIpc) is 2.35. The zero-order valence-corrected chi connectivity index (χ0v) is 15.5. The zero-order chi connectivity index (χ0) is 18.8. The van der Waals surface area contributed by atoms with Gasteiger partial charge in [-0.1, -0.05) is 71.9 Å². The first-order chi connectivity index (χ1) is 10.8. The molecule has 0 heterocycles. The van der Waals surface area contributed by atoms with Gasteiger partial charge in [0.15, 0.2) is 0 Å². The second-order valence-corrected chi connectivity index (χ2v) is 8.25. The summed E-state index contributed by atoms with van der Waals surface area (Å²) in [5, 5.41) is 19.6. The number of hydrogen-bond acceptors (Lipinski definition) is 3. The van der Waals surface area contributed by atoms with Crippen LogP contribution < -0.4 is 0 Å². The lowest BCUT2D eigenvalue weighted by molar-refractivity contribution is -0.179. The third-order valence-corrected chi connectivity index (χ3v) is 4.50. The van der Waals surface area contributed by atoms with E-state index in [-0.39, 0.29) is 13.1 Å². The first-order valence-electron chi connectivity index (χ1n) is 8.08. The number of benzene rings is 1. The van der Waals surface area contributed by atoms with Gasteiger partial charge in [-0.15, -0.1) is 0 Å². The summed E-state index contributed by atoms with van der Waals surface area (Å²) in [6.45, 7) is 11.0. The Morgan fingerprint density at radius 2 is 1.38 bits per heavy atom. The number of hydrogen-bond donors (Lipinski definition) is 2. The molecule has 5 nitrogen and oxygen atoms in total. The standard InChI is InChI=1S/C19H29NO4/c1-17(2,3)19(16(23)24,18(4,5)6)20(13-15(21)22)12-14-10-8-7-9-11-14/h7-11H,12-13H2,1-6H3,(H,21,22)(H,23,24). The fraction of sp³-hybridized carbons (Fsp3) is 0.579. The summed E-state index contributed by atoms with van der Waals surface area (Å²) < 4.78 is 0. The highest BCUT2D eigenvalue weighted by Crippen LogP contribution is 2.49. The molecular formula is C19H29NO4. The van der Waals surface area contributed by atoms with Crippen LogP contribution in [0.3, 0.4) is 0 Å². The van der Waals surface area contributed by atoms with Gasteiger partial charge >= 0.3 is 11.9 Å². The van der Waals surface area contributed by atoms with Crippen LogP contribution in [0.2, 0.25) is 0 Å². The molecule has 0 aliphatic heterocycles. The van der Waals surface area contributed by atoms with Gasteiger partial charge < -0.3 is 10.2 Å². The normalized spacial score (nSPS) is 13.1. The maximum Gasteiger partial charge on any atom is 0.325 e. The number of carboxylic acids is 2. The predicted molar refractivity (Wildman–Crippen MR) is 93.8 cm³/mol. The Balaban J connectivity index is 3.56. The molecule has 1 aromatic carbocycles. The summed E-state index contributed by atoms with van der Waals surface area (Å²) in [5.41, 5.74) is -1.82. The topological polar surface area (TPSA) is 77.8 Å². The Bertz CT molecular complexity index is 568. The monoisotopic (exact) mass is 335 g/mol. The lowest BCUT2D eigenvalue weighted by atomic mass is 9.58. The van der Waals surface area contributed by atoms with Gasteiger partial charge in [-0.3, -0.25) is 14.5 Å². The number of rotatable bonds is 6. The highest BCUT2D eigenvalue weighted by molar-refractivity contribution is 5.82. The first kappa shape index (κ1) is 20.2. The number of carbonyl (C=O) groups is 2. The van der Waals surface area contributed by atoms with Crippen LogP contribution in [0.4, 0.5) is 0 Å². The van der Waals surface area contributed by atoms with E-state index in [4.69, 9.17) is 0 Å². The third-order valence-electron chi connectivity index (χ3n) is 4.50. The molecule has 0 spiro atoms. The van der Waals surface area contributed by atoms with Crippen LogP contribution in [0.25, 0.3) is 0 Å². The van der Waals surface area contributed by atoms with Crippen LogP contribution in [0.5, 0.6) is 0 Å². The van der Waals surface area contributed by atoms with E-state index in [1.165, 1.54) is 0 Å². The summed E-state index contributed by atoms with van der Waals surface area (Å²) in [7, 11) is 0. The van der Waals surface area contributed by atoms with Crippen LogP contribution in [0.15, 0.2) is 30.3 Å². The average molecular weight is 335 g/mol. The van der Waals surface area contributed by atoms with Crippen molar-refractivity contribution < 1.29 is 19.8 Å². The van der Waals surface area contributed by atoms with Crippen molar-refractivity contribution in [3.05, 3.63) is 35.9 Å². The van der Waals surface area contributed by atoms with Crippen molar-refractivity contribution in [2.45, 2.75) is 53.6 Å². The summed E-state index contributed by atoms with van der Waals surface area (Å²) in [6, 6.07) is 9.37. The van der Waals surface area contributed by atoms with E-state index in [0.29, 0.717) is 0 Å². The van der Waals surface area contributed by atoms with Gasteiger partial charge in [-0.2, -0.15) is 0 Å². The maximum absolute atomic E-state index is 12.5. The Morgan fingerprint density at radius 1 is 0.917 bits per heavy atom. The number of carboxylic acid groups (broad SMARTS) is 2. The number of nitrogens with zero attached hydrogens (tertiary/aromatic N) is 1. The van der Waals surface area contributed by atoms with Crippen LogP contribution >= 0.6 is 0 Å². The molecule has 0 aliphatic rings. The molecule has 1 rings (SSSR count). The molecular weight excluding hydrogens is 306 g/mol. The SMILES string of the molecule is CC(C)(C)C(C(=O)O)(N(CC(=O)O)Cc1ccccc1)C(C)(C)C. The summed E-state index contributed by atoms with van der Waals surface area (Å²) in [5.74, 6) is -2.04. The molecule has 0 aromatic heterocycles. The minimum Gasteiger partial charge on any atom is -0.480 e. The second kappa shape index (κ2) is 6.93. The molecule has 24 heavy (non-hydrogen) atoms. The number of aliphatic carboxylic acids is 2. The van der Waals surface area contributed by atoms with Crippen LogP contribution in [-0.4, -0.2) is 39.1 Å². The van der Waals surface area contributed by atoms with E-state index in [1.807, 2.05) is 71.9 Å². The van der Waals surface area contributed by atoms with Crippen molar-refractivity contribution >= 4 is 11.9 Å². The van der Waals surface area contributed by atoms with E-state index in [2.05, 4.69) is 0 Å². The lowest BCUT2D eigenvalue weighted by Gasteiger charge is -2.55. The van der Waals surface area contributed by atoms with Crippen molar-refractivity contribution in [1.82, 2.24) is 4.90 Å². The molecule has 0 saturated heterocycles. The van der Waals surface area contributed by atoms with Crippen LogP contribution in [0, 0.1) is 10.8 Å². The van der Waals surface area contributed by atoms with Crippen molar-refractivity contribution in [2.75, 3.05) is 6.54 Å². The fourth-order valence-electron chi connectivity index (χ4n) is 4.11. The van der Waals surface area contributed by atoms with Crippen LogP contribution in [0.1, 0.15) is 47.1 Å². The largest absolute Gasteiger partial charge is 0.480 e. The Labute approximate surface area is 144 Å². The van der Waals surface area contributed by atoms with Crippen molar-refractivity contribution in [2.24, 2.45) is 10.8 Å². The summed E-state index contributed by atoms with van der Waals surface area (Å²) in [4.78, 5) is 25.6. The Hall–Kier alpha value is -1.88. The summed E-state index contributed by atoms with van der Waals surface area (Å²) in [6.07, 6.45) is 0. The van der Waals surface area contributed by atoms with E-state index in [0.717, 1.165) is 5.56 Å². The molecule has 0 amide bonds. The van der Waals surface area contributed by atoms with Gasteiger partial charge in [0.2, 0.25) is 0 Å². The van der Waals surface area contributed by atoms with Crippen molar-refractivity contribution in [1.29, 1.82) is 0 Å². The first-order valence-corrected chi connectivity index (χ1v) is 8.08. The molecule has 0 unspecified atom stereocenters. The van der Waals surface area contributed by atoms with Gasteiger partial charge in [0.1, 0.15) is 5.54 Å². The van der Waals surface area contributed by atoms with Crippen molar-refractivity contribution in [3.63, 3.8) is 0 Å². The van der Waals surface area contributed by atoms with Gasteiger partial charge in [0.05, 0.1) is 6.54 Å². The smallest absolute Gasteiger partial charge is 0.325 e. The van der Waals surface area contributed by atoms with Gasteiger partial charge in [0.25, 0.3) is 0 Å². The fourth-order valence-corrected chi connectivity index (χ4v) is 4.11. The molecule has 0 aliphatic carbocycles. The van der Waals surface area contributed by atoms with Crippen molar-refractivity contribution in [3.8, 4) is 0 Å². The maximum atomic E-state index is 12.5. The second-order valence-electron chi connectivity index (χ2n) is 8.25. The molecule has 0 fully saturated rings. The molecule has 0 bridgehead atoms. The van der Waals surface area contributed by atoms with E-state index in [1.54, 1.807) is 4.90 Å². The predicted octanol–water partition coefficient (Wildman–Crippen LogP) is 3.49. The van der Waals surface area contributed by atoms with Gasteiger partial charge in [-0.05, 0) is 16.4 Å². The zero-order valence-electron chi connectivity index (χ0n) is 15.5. The quantitative estimate of drug-likeness (QED) is 0.832. The minimum absolute atomic E-state index is 0.258. The third kappa shape index (κ3) is 3.78. The summed E-state index contributed by atoms with van der Waals surface area (Å²) >= 11 is 0. The molecule has 2 N–H and O–H groups in total. The lowest BCUT2D eigenvalue weighted by Crippen LogP contribution is -2.69.